The molecule has 0 saturated carbocycles. The molecule has 3 rings (SSSR count). The molecule has 1 N–H and O–H groups in total. The number of aromatic nitrogens is 1. The summed E-state index contributed by atoms with van der Waals surface area (Å²) in [5, 5.41) is 6.08. The van der Waals surface area contributed by atoms with Crippen molar-refractivity contribution < 1.29 is 19.1 Å². The number of thiazole rings is 1. The largest absolute Gasteiger partial charge is 0.487 e. The second-order valence-corrected chi connectivity index (χ2v) is 8.35. The van der Waals surface area contributed by atoms with Crippen LogP contribution in [0.4, 0.5) is 5.69 Å². The monoisotopic (exact) mass is 484 g/mol. The molecule has 0 aliphatic rings. The van der Waals surface area contributed by atoms with Crippen LogP contribution in [0.15, 0.2) is 41.8 Å². The number of anilines is 1. The van der Waals surface area contributed by atoms with Gasteiger partial charge in [-0.05, 0) is 43.3 Å². The number of rotatable bonds is 7. The summed E-state index contributed by atoms with van der Waals surface area (Å²) in [6, 6.07) is 9.27. The van der Waals surface area contributed by atoms with Crippen molar-refractivity contribution in [3.8, 4) is 5.75 Å². The molecule has 0 spiro atoms. The predicted octanol–water partition coefficient (Wildman–Crippen LogP) is 5.79. The topological polar surface area (TPSA) is 77.5 Å². The number of hydrogen-bond donors (Lipinski definition) is 1. The fourth-order valence-corrected chi connectivity index (χ4v) is 3.88. The molecule has 0 aliphatic heterocycles. The van der Waals surface area contributed by atoms with Gasteiger partial charge >= 0.3 is 5.97 Å². The maximum atomic E-state index is 12.2. The predicted molar refractivity (Wildman–Crippen MR) is 118 cm³/mol. The van der Waals surface area contributed by atoms with Crippen molar-refractivity contribution in [2.45, 2.75) is 13.5 Å². The molecule has 0 bridgehead atoms. The van der Waals surface area contributed by atoms with Crippen molar-refractivity contribution in [3.05, 3.63) is 73.1 Å². The molecule has 0 fully saturated rings. The summed E-state index contributed by atoms with van der Waals surface area (Å²) >= 11 is 19.4. The summed E-state index contributed by atoms with van der Waals surface area (Å²) in [4.78, 5) is 28.5. The third-order valence-corrected chi connectivity index (χ3v) is 5.39. The Balaban J connectivity index is 1.50. The minimum absolute atomic E-state index is 0.176. The molecule has 1 amide bonds. The number of ether oxygens (including phenoxy) is 2. The van der Waals surface area contributed by atoms with Crippen molar-refractivity contribution in [1.29, 1.82) is 0 Å². The lowest BCUT2D eigenvalue weighted by Crippen LogP contribution is -2.21. The van der Waals surface area contributed by atoms with Gasteiger partial charge in [-0.2, -0.15) is 0 Å². The number of hydrogen-bond acceptors (Lipinski definition) is 6. The van der Waals surface area contributed by atoms with Crippen LogP contribution in [0, 0.1) is 6.92 Å². The van der Waals surface area contributed by atoms with Gasteiger partial charge in [0.2, 0.25) is 0 Å². The van der Waals surface area contributed by atoms with Crippen LogP contribution >= 0.6 is 46.1 Å². The van der Waals surface area contributed by atoms with E-state index in [4.69, 9.17) is 44.3 Å². The number of nitrogens with one attached hydrogen (secondary N) is 1. The summed E-state index contributed by atoms with van der Waals surface area (Å²) < 4.78 is 10.7. The summed E-state index contributed by atoms with van der Waals surface area (Å²) in [6.07, 6.45) is 0. The number of aryl methyl sites for hydroxylation is 1. The Morgan fingerprint density at radius 2 is 1.77 bits per heavy atom. The molecule has 3 aromatic rings. The van der Waals surface area contributed by atoms with Crippen molar-refractivity contribution in [2.75, 3.05) is 11.9 Å². The fourth-order valence-electron chi connectivity index (χ4n) is 2.37. The molecule has 0 radical (unpaired) electrons. The van der Waals surface area contributed by atoms with Gasteiger partial charge in [0.15, 0.2) is 6.61 Å². The molecule has 2 aromatic carbocycles. The van der Waals surface area contributed by atoms with E-state index in [-0.39, 0.29) is 21.3 Å². The number of nitrogens with zero attached hydrogens (tertiary/aromatic N) is 1. The van der Waals surface area contributed by atoms with Crippen LogP contribution in [0.5, 0.6) is 5.75 Å². The summed E-state index contributed by atoms with van der Waals surface area (Å²) in [5.41, 5.74) is 1.32. The van der Waals surface area contributed by atoms with Gasteiger partial charge in [-0.15, -0.1) is 11.3 Å². The Hall–Kier alpha value is -2.32. The Morgan fingerprint density at radius 1 is 1.10 bits per heavy atom. The van der Waals surface area contributed by atoms with Crippen molar-refractivity contribution in [2.24, 2.45) is 0 Å². The quantitative estimate of drug-likeness (QED) is 0.429. The van der Waals surface area contributed by atoms with Crippen LogP contribution < -0.4 is 10.1 Å². The third-order valence-electron chi connectivity index (χ3n) is 3.75. The Kier molecular flexibility index (Phi) is 7.55. The van der Waals surface area contributed by atoms with E-state index in [9.17, 15) is 9.59 Å². The van der Waals surface area contributed by atoms with E-state index in [1.54, 1.807) is 35.6 Å². The van der Waals surface area contributed by atoms with Crippen LogP contribution in [-0.2, 0) is 16.1 Å². The van der Waals surface area contributed by atoms with Crippen molar-refractivity contribution in [3.63, 3.8) is 0 Å². The van der Waals surface area contributed by atoms with Crippen molar-refractivity contribution >= 4 is 63.7 Å². The average molecular weight is 486 g/mol. The van der Waals surface area contributed by atoms with Crippen LogP contribution in [0.1, 0.15) is 21.1 Å². The van der Waals surface area contributed by atoms with Gasteiger partial charge in [-0.1, -0.05) is 34.8 Å². The number of benzene rings is 2. The van der Waals surface area contributed by atoms with E-state index >= 15 is 0 Å². The number of halogens is 3. The lowest BCUT2D eigenvalue weighted by Gasteiger charge is -2.10. The van der Waals surface area contributed by atoms with Gasteiger partial charge in [0, 0.05) is 10.4 Å². The van der Waals surface area contributed by atoms with E-state index in [1.165, 1.54) is 12.1 Å². The molecular weight excluding hydrogens is 471 g/mol. The molecule has 0 saturated heterocycles. The average Bonchev–Trinajstić information content (AvgIpc) is 3.13. The summed E-state index contributed by atoms with van der Waals surface area (Å²) in [5.74, 6) is -0.657. The molecule has 1 heterocycles. The Bertz CT molecular complexity index is 1050. The molecule has 1 aromatic heterocycles. The molecule has 156 valence electrons. The smallest absolute Gasteiger partial charge is 0.338 e. The van der Waals surface area contributed by atoms with Crippen molar-refractivity contribution in [1.82, 2.24) is 4.98 Å². The molecule has 0 unspecified atom stereocenters. The van der Waals surface area contributed by atoms with E-state index in [2.05, 4.69) is 10.3 Å². The number of carbonyl (C=O) groups excluding carboxylic acids is 2. The van der Waals surface area contributed by atoms with E-state index < -0.39 is 18.5 Å². The normalized spacial score (nSPS) is 10.5. The van der Waals surface area contributed by atoms with Crippen LogP contribution in [0.3, 0.4) is 0 Å². The van der Waals surface area contributed by atoms with Crippen LogP contribution in [0.2, 0.25) is 15.1 Å². The van der Waals surface area contributed by atoms with Gasteiger partial charge in [-0.3, -0.25) is 4.79 Å². The highest BCUT2D eigenvalue weighted by molar-refractivity contribution is 7.09. The molecule has 0 aliphatic carbocycles. The molecule has 0 atom stereocenters. The first-order valence-corrected chi connectivity index (χ1v) is 10.6. The first-order valence-electron chi connectivity index (χ1n) is 8.57. The van der Waals surface area contributed by atoms with Gasteiger partial charge < -0.3 is 14.8 Å². The highest BCUT2D eigenvalue weighted by Gasteiger charge is 2.14. The van der Waals surface area contributed by atoms with E-state index in [0.717, 1.165) is 10.7 Å². The number of amides is 1. The SMILES string of the molecule is Cc1nc(COc2ccc(C(=O)OCC(=O)Nc3c(Cl)cc(Cl)cc3Cl)cc2)cs1. The minimum atomic E-state index is -0.653. The summed E-state index contributed by atoms with van der Waals surface area (Å²) in [6.45, 7) is 1.76. The molecule has 30 heavy (non-hydrogen) atoms. The zero-order valence-corrected chi connectivity index (χ0v) is 18.7. The standard InChI is InChI=1S/C20H15Cl3N2O4S/c1-11-24-14(10-30-11)8-28-15-4-2-12(3-5-15)20(27)29-9-18(26)25-19-16(22)6-13(21)7-17(19)23/h2-7,10H,8-9H2,1H3,(H,25,26). The lowest BCUT2D eigenvalue weighted by atomic mass is 10.2. The maximum absolute atomic E-state index is 12.2. The highest BCUT2D eigenvalue weighted by Crippen LogP contribution is 2.33. The second kappa shape index (κ2) is 10.1. The van der Waals surface area contributed by atoms with Gasteiger partial charge in [-0.25, -0.2) is 9.78 Å². The first-order chi connectivity index (χ1) is 14.3. The third kappa shape index (κ3) is 6.09. The maximum Gasteiger partial charge on any atom is 0.338 e. The number of esters is 1. The molecular formula is C20H15Cl3N2O4S. The Labute approximate surface area is 191 Å². The zero-order chi connectivity index (χ0) is 21.7. The minimum Gasteiger partial charge on any atom is -0.487 e. The van der Waals surface area contributed by atoms with Crippen LogP contribution in [-0.4, -0.2) is 23.5 Å². The van der Waals surface area contributed by atoms with E-state index in [1.807, 2.05) is 12.3 Å². The van der Waals surface area contributed by atoms with Gasteiger partial charge in [0.05, 0.1) is 32.0 Å². The second-order valence-electron chi connectivity index (χ2n) is 6.04. The first kappa shape index (κ1) is 22.4. The van der Waals surface area contributed by atoms with Crippen LogP contribution in [0.25, 0.3) is 0 Å². The molecule has 6 nitrogen and oxygen atoms in total. The highest BCUT2D eigenvalue weighted by atomic mass is 35.5. The van der Waals surface area contributed by atoms with E-state index in [0.29, 0.717) is 17.4 Å². The number of carbonyl (C=O) groups is 2. The molecule has 10 heteroatoms. The van der Waals surface area contributed by atoms with Gasteiger partial charge in [0.25, 0.3) is 5.91 Å². The fraction of sp³-hybridized carbons (Fsp3) is 0.150. The summed E-state index contributed by atoms with van der Waals surface area (Å²) in [7, 11) is 0. The van der Waals surface area contributed by atoms with Gasteiger partial charge in [0.1, 0.15) is 12.4 Å². The zero-order valence-electron chi connectivity index (χ0n) is 15.6. The Morgan fingerprint density at radius 3 is 2.37 bits per heavy atom. The lowest BCUT2D eigenvalue weighted by molar-refractivity contribution is -0.119.